The highest BCUT2D eigenvalue weighted by Crippen LogP contribution is 2.33. The molecule has 0 radical (unpaired) electrons. The predicted octanol–water partition coefficient (Wildman–Crippen LogP) is 3.72. The SMILES string of the molecule is CC1CCCC(C(=O)C(C)C(N)c2ccccc2)C1. The molecule has 1 aliphatic rings. The van der Waals surface area contributed by atoms with Gasteiger partial charge in [-0.25, -0.2) is 0 Å². The second-order valence-corrected chi connectivity index (χ2v) is 6.10. The van der Waals surface area contributed by atoms with Gasteiger partial charge in [0.1, 0.15) is 5.78 Å². The van der Waals surface area contributed by atoms with E-state index in [4.69, 9.17) is 5.73 Å². The summed E-state index contributed by atoms with van der Waals surface area (Å²) >= 11 is 0. The summed E-state index contributed by atoms with van der Waals surface area (Å²) in [5, 5.41) is 0. The average molecular weight is 259 g/mol. The van der Waals surface area contributed by atoms with Gasteiger partial charge in [-0.2, -0.15) is 0 Å². The molecule has 1 fully saturated rings. The third kappa shape index (κ3) is 3.44. The predicted molar refractivity (Wildman–Crippen MR) is 78.7 cm³/mol. The van der Waals surface area contributed by atoms with Gasteiger partial charge in [0.25, 0.3) is 0 Å². The molecule has 2 rings (SSSR count). The molecule has 4 atom stereocenters. The largest absolute Gasteiger partial charge is 0.323 e. The lowest BCUT2D eigenvalue weighted by atomic mass is 9.75. The van der Waals surface area contributed by atoms with E-state index in [-0.39, 0.29) is 17.9 Å². The molecule has 0 amide bonds. The van der Waals surface area contributed by atoms with E-state index in [2.05, 4.69) is 6.92 Å². The van der Waals surface area contributed by atoms with Gasteiger partial charge in [0.2, 0.25) is 0 Å². The molecule has 2 nitrogen and oxygen atoms in total. The van der Waals surface area contributed by atoms with Gasteiger partial charge in [0.15, 0.2) is 0 Å². The quantitative estimate of drug-likeness (QED) is 0.895. The maximum absolute atomic E-state index is 12.6. The zero-order chi connectivity index (χ0) is 13.8. The number of nitrogens with two attached hydrogens (primary N) is 1. The minimum atomic E-state index is -0.175. The first-order valence-electron chi connectivity index (χ1n) is 7.44. The topological polar surface area (TPSA) is 43.1 Å². The Morgan fingerprint density at radius 3 is 2.58 bits per heavy atom. The molecule has 2 heteroatoms. The summed E-state index contributed by atoms with van der Waals surface area (Å²) in [6.07, 6.45) is 4.55. The standard InChI is InChI=1S/C17H25NO/c1-12-7-6-10-15(11-12)17(19)13(2)16(18)14-8-4-3-5-9-14/h3-5,8-9,12-13,15-16H,6-7,10-11,18H2,1-2H3. The van der Waals surface area contributed by atoms with Gasteiger partial charge in [-0.15, -0.1) is 0 Å². The second kappa shape index (κ2) is 6.33. The Kier molecular flexibility index (Phi) is 4.76. The maximum Gasteiger partial charge on any atom is 0.140 e. The highest BCUT2D eigenvalue weighted by molar-refractivity contribution is 5.84. The van der Waals surface area contributed by atoms with Crippen LogP contribution in [0.15, 0.2) is 30.3 Å². The molecule has 1 aromatic carbocycles. The van der Waals surface area contributed by atoms with Gasteiger partial charge >= 0.3 is 0 Å². The van der Waals surface area contributed by atoms with Crippen molar-refractivity contribution in [3.8, 4) is 0 Å². The van der Waals surface area contributed by atoms with Crippen LogP contribution in [0.3, 0.4) is 0 Å². The van der Waals surface area contributed by atoms with Gasteiger partial charge in [-0.05, 0) is 24.3 Å². The molecule has 1 aliphatic carbocycles. The van der Waals surface area contributed by atoms with E-state index in [1.165, 1.54) is 12.8 Å². The second-order valence-electron chi connectivity index (χ2n) is 6.10. The van der Waals surface area contributed by atoms with E-state index >= 15 is 0 Å². The van der Waals surface area contributed by atoms with Crippen LogP contribution in [-0.2, 0) is 4.79 Å². The summed E-state index contributed by atoms with van der Waals surface area (Å²) in [7, 11) is 0. The molecule has 0 saturated heterocycles. The van der Waals surface area contributed by atoms with E-state index in [9.17, 15) is 4.79 Å². The first-order chi connectivity index (χ1) is 9.09. The van der Waals surface area contributed by atoms with Crippen molar-refractivity contribution in [3.63, 3.8) is 0 Å². The van der Waals surface area contributed by atoms with Gasteiger partial charge < -0.3 is 5.73 Å². The third-order valence-corrected chi connectivity index (χ3v) is 4.51. The summed E-state index contributed by atoms with van der Waals surface area (Å²) in [6.45, 7) is 4.24. The van der Waals surface area contributed by atoms with Crippen LogP contribution in [0, 0.1) is 17.8 Å². The van der Waals surface area contributed by atoms with Gasteiger partial charge in [0, 0.05) is 17.9 Å². The van der Waals surface area contributed by atoms with Crippen molar-refractivity contribution in [2.45, 2.75) is 45.6 Å². The molecule has 1 saturated carbocycles. The molecule has 104 valence electrons. The van der Waals surface area contributed by atoms with Gasteiger partial charge in [0.05, 0.1) is 0 Å². The Balaban J connectivity index is 2.02. The lowest BCUT2D eigenvalue weighted by Crippen LogP contribution is -2.32. The molecule has 0 heterocycles. The average Bonchev–Trinajstić information content (AvgIpc) is 2.46. The van der Waals surface area contributed by atoms with Crippen molar-refractivity contribution >= 4 is 5.78 Å². The number of carbonyl (C=O) groups is 1. The summed E-state index contributed by atoms with van der Waals surface area (Å²) in [6, 6.07) is 9.79. The third-order valence-electron chi connectivity index (χ3n) is 4.51. The number of benzene rings is 1. The Morgan fingerprint density at radius 1 is 1.26 bits per heavy atom. The van der Waals surface area contributed by atoms with Crippen molar-refractivity contribution in [3.05, 3.63) is 35.9 Å². The minimum absolute atomic E-state index is 0.0855. The summed E-state index contributed by atoms with van der Waals surface area (Å²) in [5.41, 5.74) is 7.32. The van der Waals surface area contributed by atoms with Crippen molar-refractivity contribution < 1.29 is 4.79 Å². The van der Waals surface area contributed by atoms with Crippen LogP contribution in [0.2, 0.25) is 0 Å². The smallest absolute Gasteiger partial charge is 0.140 e. The van der Waals surface area contributed by atoms with Crippen LogP contribution >= 0.6 is 0 Å². The van der Waals surface area contributed by atoms with Crippen LogP contribution in [0.1, 0.15) is 51.1 Å². The molecule has 0 aliphatic heterocycles. The fraction of sp³-hybridized carbons (Fsp3) is 0.588. The zero-order valence-corrected chi connectivity index (χ0v) is 12.0. The Morgan fingerprint density at radius 2 is 1.95 bits per heavy atom. The maximum atomic E-state index is 12.6. The number of rotatable bonds is 4. The van der Waals surface area contributed by atoms with Crippen molar-refractivity contribution in [1.29, 1.82) is 0 Å². The molecular weight excluding hydrogens is 234 g/mol. The zero-order valence-electron chi connectivity index (χ0n) is 12.0. The normalized spacial score (nSPS) is 26.7. The van der Waals surface area contributed by atoms with Crippen LogP contribution in [0.25, 0.3) is 0 Å². The molecule has 1 aromatic rings. The number of hydrogen-bond donors (Lipinski definition) is 1. The van der Waals surface area contributed by atoms with Crippen LogP contribution in [-0.4, -0.2) is 5.78 Å². The number of ketones is 1. The summed E-state index contributed by atoms with van der Waals surface area (Å²) in [5.74, 6) is 1.19. The molecule has 0 bridgehead atoms. The van der Waals surface area contributed by atoms with Gasteiger partial charge in [-0.1, -0.05) is 57.0 Å². The molecular formula is C17H25NO. The van der Waals surface area contributed by atoms with Gasteiger partial charge in [-0.3, -0.25) is 4.79 Å². The number of Topliss-reactive ketones (excluding diaryl/α,β-unsaturated/α-hetero) is 1. The number of carbonyl (C=O) groups excluding carboxylic acids is 1. The molecule has 2 N–H and O–H groups in total. The highest BCUT2D eigenvalue weighted by Gasteiger charge is 2.31. The first-order valence-corrected chi connectivity index (χ1v) is 7.44. The molecule has 0 aromatic heterocycles. The van der Waals surface area contributed by atoms with Crippen molar-refractivity contribution in [2.75, 3.05) is 0 Å². The minimum Gasteiger partial charge on any atom is -0.323 e. The monoisotopic (exact) mass is 259 g/mol. The number of hydrogen-bond acceptors (Lipinski definition) is 2. The molecule has 19 heavy (non-hydrogen) atoms. The first kappa shape index (κ1) is 14.3. The Bertz CT molecular complexity index is 415. The van der Waals surface area contributed by atoms with E-state index in [0.29, 0.717) is 11.7 Å². The van der Waals surface area contributed by atoms with Crippen LogP contribution in [0.4, 0.5) is 0 Å². The van der Waals surface area contributed by atoms with Crippen LogP contribution < -0.4 is 5.73 Å². The summed E-state index contributed by atoms with van der Waals surface area (Å²) < 4.78 is 0. The fourth-order valence-electron chi connectivity index (χ4n) is 3.21. The fourth-order valence-corrected chi connectivity index (χ4v) is 3.21. The lowest BCUT2D eigenvalue weighted by molar-refractivity contribution is -0.128. The van der Waals surface area contributed by atoms with Crippen molar-refractivity contribution in [1.82, 2.24) is 0 Å². The molecule has 0 spiro atoms. The van der Waals surface area contributed by atoms with E-state index < -0.39 is 0 Å². The van der Waals surface area contributed by atoms with E-state index in [0.717, 1.165) is 18.4 Å². The Labute approximate surface area is 116 Å². The molecule has 4 unspecified atom stereocenters. The van der Waals surface area contributed by atoms with E-state index in [1.807, 2.05) is 37.3 Å². The Hall–Kier alpha value is -1.15. The van der Waals surface area contributed by atoms with Crippen molar-refractivity contribution in [2.24, 2.45) is 23.5 Å². The lowest BCUT2D eigenvalue weighted by Gasteiger charge is -2.29. The van der Waals surface area contributed by atoms with E-state index in [1.54, 1.807) is 0 Å². The summed E-state index contributed by atoms with van der Waals surface area (Å²) in [4.78, 5) is 12.6. The van der Waals surface area contributed by atoms with Crippen LogP contribution in [0.5, 0.6) is 0 Å². The highest BCUT2D eigenvalue weighted by atomic mass is 16.1.